The molecule has 3 unspecified atom stereocenters. The van der Waals surface area contributed by atoms with Crippen LogP contribution in [-0.4, -0.2) is 36.6 Å². The summed E-state index contributed by atoms with van der Waals surface area (Å²) in [5.41, 5.74) is 0. The second-order valence-corrected chi connectivity index (χ2v) is 6.29. The van der Waals surface area contributed by atoms with Crippen molar-refractivity contribution in [2.45, 2.75) is 66.0 Å². The molecule has 1 saturated heterocycles. The van der Waals surface area contributed by atoms with Crippen molar-refractivity contribution in [3.8, 4) is 0 Å². The molecule has 0 aromatic heterocycles. The second-order valence-electron chi connectivity index (χ2n) is 6.29. The van der Waals surface area contributed by atoms with Gasteiger partial charge in [0.15, 0.2) is 0 Å². The maximum Gasteiger partial charge on any atom is 0.0218 e. The van der Waals surface area contributed by atoms with E-state index in [0.717, 1.165) is 17.9 Å². The molecule has 0 saturated carbocycles. The van der Waals surface area contributed by atoms with Gasteiger partial charge in [0.25, 0.3) is 0 Å². The largest absolute Gasteiger partial charge is 0.312 e. The van der Waals surface area contributed by atoms with Crippen molar-refractivity contribution in [3.05, 3.63) is 0 Å². The Morgan fingerprint density at radius 1 is 1.29 bits per heavy atom. The lowest BCUT2D eigenvalue weighted by Crippen LogP contribution is -2.44. The first-order valence-electron chi connectivity index (χ1n) is 7.52. The molecule has 1 aliphatic heterocycles. The monoisotopic (exact) mass is 240 g/mol. The van der Waals surface area contributed by atoms with Crippen LogP contribution in [0, 0.1) is 11.8 Å². The highest BCUT2D eigenvalue weighted by atomic mass is 15.2. The van der Waals surface area contributed by atoms with Gasteiger partial charge in [0.05, 0.1) is 0 Å². The van der Waals surface area contributed by atoms with Gasteiger partial charge in [-0.3, -0.25) is 4.90 Å². The molecule has 1 heterocycles. The summed E-state index contributed by atoms with van der Waals surface area (Å²) in [5.74, 6) is 1.58. The van der Waals surface area contributed by atoms with Crippen molar-refractivity contribution in [2.75, 3.05) is 19.6 Å². The van der Waals surface area contributed by atoms with E-state index in [4.69, 9.17) is 0 Å². The van der Waals surface area contributed by atoms with Crippen molar-refractivity contribution in [3.63, 3.8) is 0 Å². The lowest BCUT2D eigenvalue weighted by Gasteiger charge is -2.32. The smallest absolute Gasteiger partial charge is 0.0218 e. The molecule has 0 aromatic rings. The predicted molar refractivity (Wildman–Crippen MR) is 76.4 cm³/mol. The summed E-state index contributed by atoms with van der Waals surface area (Å²) < 4.78 is 0. The van der Waals surface area contributed by atoms with Crippen LogP contribution in [0.15, 0.2) is 0 Å². The molecule has 0 amide bonds. The first-order valence-corrected chi connectivity index (χ1v) is 7.52. The third-order valence-corrected chi connectivity index (χ3v) is 4.16. The Hall–Kier alpha value is -0.0800. The van der Waals surface area contributed by atoms with Gasteiger partial charge in [-0.15, -0.1) is 0 Å². The zero-order valence-corrected chi connectivity index (χ0v) is 12.5. The number of nitrogens with zero attached hydrogens (tertiary/aromatic N) is 1. The Morgan fingerprint density at radius 2 is 2.00 bits per heavy atom. The molecule has 0 radical (unpaired) electrons. The van der Waals surface area contributed by atoms with E-state index in [1.165, 1.54) is 38.9 Å². The molecule has 1 aliphatic rings. The van der Waals surface area contributed by atoms with Crippen molar-refractivity contribution in [1.29, 1.82) is 0 Å². The van der Waals surface area contributed by atoms with E-state index in [1.807, 2.05) is 0 Å². The minimum Gasteiger partial charge on any atom is -0.312 e. The topological polar surface area (TPSA) is 15.3 Å². The van der Waals surface area contributed by atoms with Crippen LogP contribution >= 0.6 is 0 Å². The van der Waals surface area contributed by atoms with Crippen LogP contribution in [0.3, 0.4) is 0 Å². The molecular weight excluding hydrogens is 208 g/mol. The van der Waals surface area contributed by atoms with E-state index < -0.39 is 0 Å². The van der Waals surface area contributed by atoms with Gasteiger partial charge in [0.2, 0.25) is 0 Å². The average molecular weight is 240 g/mol. The normalized spacial score (nSPS) is 29.3. The highest BCUT2D eigenvalue weighted by Crippen LogP contribution is 2.17. The van der Waals surface area contributed by atoms with Crippen molar-refractivity contribution in [2.24, 2.45) is 11.8 Å². The molecule has 102 valence electrons. The third kappa shape index (κ3) is 4.97. The predicted octanol–water partition coefficient (Wildman–Crippen LogP) is 3.13. The minimum atomic E-state index is 0.675. The molecule has 0 bridgehead atoms. The third-order valence-electron chi connectivity index (χ3n) is 4.16. The highest BCUT2D eigenvalue weighted by molar-refractivity contribution is 4.83. The lowest BCUT2D eigenvalue weighted by molar-refractivity contribution is 0.165. The van der Waals surface area contributed by atoms with Gasteiger partial charge in [-0.2, -0.15) is 0 Å². The van der Waals surface area contributed by atoms with E-state index in [1.54, 1.807) is 0 Å². The van der Waals surface area contributed by atoms with Crippen molar-refractivity contribution >= 4 is 0 Å². The zero-order chi connectivity index (χ0) is 12.8. The van der Waals surface area contributed by atoms with Crippen LogP contribution in [0.4, 0.5) is 0 Å². The van der Waals surface area contributed by atoms with E-state index in [2.05, 4.69) is 44.8 Å². The summed E-state index contributed by atoms with van der Waals surface area (Å²) in [6.07, 6.45) is 3.97. The first kappa shape index (κ1) is 15.0. The van der Waals surface area contributed by atoms with Gasteiger partial charge >= 0.3 is 0 Å². The lowest BCUT2D eigenvalue weighted by atomic mass is 10.0. The molecule has 1 N–H and O–H groups in total. The molecular formula is C15H32N2. The van der Waals surface area contributed by atoms with Crippen LogP contribution in [-0.2, 0) is 0 Å². The number of rotatable bonds is 5. The first-order chi connectivity index (χ1) is 8.04. The Balaban J connectivity index is 2.53. The van der Waals surface area contributed by atoms with Crippen molar-refractivity contribution in [1.82, 2.24) is 10.2 Å². The molecule has 2 nitrogen and oxygen atoms in total. The summed E-state index contributed by atoms with van der Waals surface area (Å²) in [5, 5.41) is 3.71. The molecule has 1 rings (SSSR count). The standard InChI is InChI=1S/C15H32N2/c1-6-7-13(4)10-17-11-15(12(2)3)16-9-8-14(17)5/h12-16H,6-11H2,1-5H3. The molecule has 1 fully saturated rings. The molecule has 3 atom stereocenters. The molecule has 0 spiro atoms. The van der Waals surface area contributed by atoms with Crippen LogP contribution in [0.25, 0.3) is 0 Å². The van der Waals surface area contributed by atoms with Gasteiger partial charge in [-0.05, 0) is 38.1 Å². The van der Waals surface area contributed by atoms with E-state index in [0.29, 0.717) is 6.04 Å². The molecule has 0 aliphatic carbocycles. The van der Waals surface area contributed by atoms with E-state index in [9.17, 15) is 0 Å². The zero-order valence-electron chi connectivity index (χ0n) is 12.5. The van der Waals surface area contributed by atoms with Crippen LogP contribution in [0.5, 0.6) is 0 Å². The SMILES string of the molecule is CCCC(C)CN1CC(C(C)C)NCCC1C. The van der Waals surface area contributed by atoms with E-state index >= 15 is 0 Å². The Kier molecular flexibility index (Phi) is 6.50. The maximum absolute atomic E-state index is 3.71. The van der Waals surface area contributed by atoms with E-state index in [-0.39, 0.29) is 0 Å². The van der Waals surface area contributed by atoms with Gasteiger partial charge in [0.1, 0.15) is 0 Å². The quantitative estimate of drug-likeness (QED) is 0.794. The highest BCUT2D eigenvalue weighted by Gasteiger charge is 2.25. The van der Waals surface area contributed by atoms with Gasteiger partial charge in [0, 0.05) is 25.2 Å². The Labute approximate surface area is 108 Å². The maximum atomic E-state index is 3.71. The van der Waals surface area contributed by atoms with Crippen molar-refractivity contribution < 1.29 is 0 Å². The fourth-order valence-electron chi connectivity index (χ4n) is 2.84. The molecule has 2 heteroatoms. The summed E-state index contributed by atoms with van der Waals surface area (Å²) in [6, 6.07) is 1.42. The second kappa shape index (κ2) is 7.38. The van der Waals surface area contributed by atoms with Crippen LogP contribution < -0.4 is 5.32 Å². The summed E-state index contributed by atoms with van der Waals surface area (Å²) in [7, 11) is 0. The number of hydrogen-bond acceptors (Lipinski definition) is 2. The number of hydrogen-bond donors (Lipinski definition) is 1. The Morgan fingerprint density at radius 3 is 2.59 bits per heavy atom. The number of nitrogens with one attached hydrogen (secondary N) is 1. The van der Waals surface area contributed by atoms with Crippen LogP contribution in [0.2, 0.25) is 0 Å². The summed E-state index contributed by atoms with van der Waals surface area (Å²) in [6.45, 7) is 15.4. The molecule has 17 heavy (non-hydrogen) atoms. The fourth-order valence-corrected chi connectivity index (χ4v) is 2.84. The van der Waals surface area contributed by atoms with Gasteiger partial charge in [-0.25, -0.2) is 0 Å². The summed E-state index contributed by atoms with van der Waals surface area (Å²) in [4.78, 5) is 2.71. The average Bonchev–Trinajstić information content (AvgIpc) is 2.42. The molecule has 0 aromatic carbocycles. The van der Waals surface area contributed by atoms with Gasteiger partial charge < -0.3 is 5.32 Å². The van der Waals surface area contributed by atoms with Crippen LogP contribution in [0.1, 0.15) is 53.9 Å². The summed E-state index contributed by atoms with van der Waals surface area (Å²) >= 11 is 0. The minimum absolute atomic E-state index is 0.675. The fraction of sp³-hybridized carbons (Fsp3) is 1.00. The van der Waals surface area contributed by atoms with Gasteiger partial charge in [-0.1, -0.05) is 34.1 Å². The Bertz CT molecular complexity index is 203.